The normalized spacial score (nSPS) is 11.1. The van der Waals surface area contributed by atoms with Gasteiger partial charge < -0.3 is 10.5 Å². The van der Waals surface area contributed by atoms with Gasteiger partial charge in [-0.2, -0.15) is 0 Å². The van der Waals surface area contributed by atoms with Crippen molar-refractivity contribution in [2.45, 2.75) is 26.2 Å². The van der Waals surface area contributed by atoms with Crippen LogP contribution in [0.4, 0.5) is 4.79 Å². The van der Waals surface area contributed by atoms with Crippen LogP contribution in [0, 0.1) is 0 Å². The number of hydrogen-bond donors (Lipinski definition) is 1. The lowest BCUT2D eigenvalue weighted by Gasteiger charge is -2.21. The van der Waals surface area contributed by atoms with E-state index in [-0.39, 0.29) is 21.9 Å². The number of nitrogens with zero attached hydrogens (tertiary/aromatic N) is 1. The molecular formula is C11H13ClN2O3. The molecule has 0 aliphatic heterocycles. The Kier molecular flexibility index (Phi) is 3.72. The highest BCUT2D eigenvalue weighted by molar-refractivity contribution is 6.34. The van der Waals surface area contributed by atoms with Gasteiger partial charge in [0.1, 0.15) is 0 Å². The molecule has 0 radical (unpaired) electrons. The van der Waals surface area contributed by atoms with Crippen molar-refractivity contribution in [3.8, 4) is 5.88 Å². The molecule has 0 aliphatic carbocycles. The molecule has 0 fully saturated rings. The minimum absolute atomic E-state index is 0.0258. The smallest absolute Gasteiger partial charge is 0.391 e. The highest BCUT2D eigenvalue weighted by Gasteiger charge is 2.23. The number of ether oxygens (including phenoxy) is 1. The Morgan fingerprint density at radius 3 is 2.53 bits per heavy atom. The first-order valence-electron chi connectivity index (χ1n) is 4.88. The summed E-state index contributed by atoms with van der Waals surface area (Å²) in [6, 6.07) is 0. The van der Waals surface area contributed by atoms with Crippen molar-refractivity contribution in [1.29, 1.82) is 0 Å². The molecule has 0 saturated carbocycles. The molecule has 6 heteroatoms. The minimum atomic E-state index is -1.04. The van der Waals surface area contributed by atoms with Gasteiger partial charge in [0.15, 0.2) is 6.29 Å². The first kappa shape index (κ1) is 13.4. The van der Waals surface area contributed by atoms with E-state index in [0.717, 1.165) is 0 Å². The van der Waals surface area contributed by atoms with Crippen molar-refractivity contribution in [2.24, 2.45) is 5.73 Å². The van der Waals surface area contributed by atoms with E-state index in [1.165, 1.54) is 6.20 Å². The van der Waals surface area contributed by atoms with Gasteiger partial charge in [-0.3, -0.25) is 4.79 Å². The monoisotopic (exact) mass is 256 g/mol. The predicted molar refractivity (Wildman–Crippen MR) is 63.5 cm³/mol. The summed E-state index contributed by atoms with van der Waals surface area (Å²) >= 11 is 6.08. The predicted octanol–water partition coefficient (Wildman–Crippen LogP) is 2.30. The third-order valence-corrected chi connectivity index (χ3v) is 2.54. The largest absolute Gasteiger partial charge is 0.411 e. The lowest BCUT2D eigenvalue weighted by molar-refractivity contribution is 0.112. The zero-order valence-corrected chi connectivity index (χ0v) is 10.5. The second-order valence-electron chi connectivity index (χ2n) is 4.49. The molecule has 1 rings (SSSR count). The Morgan fingerprint density at radius 2 is 2.12 bits per heavy atom. The Morgan fingerprint density at radius 1 is 1.53 bits per heavy atom. The topological polar surface area (TPSA) is 82.3 Å². The van der Waals surface area contributed by atoms with Gasteiger partial charge in [0.05, 0.1) is 10.6 Å². The van der Waals surface area contributed by atoms with Crippen molar-refractivity contribution in [2.75, 3.05) is 0 Å². The zero-order valence-electron chi connectivity index (χ0n) is 9.78. The Labute approximate surface area is 104 Å². The number of nitrogens with two attached hydrogens (primary N) is 1. The molecule has 0 spiro atoms. The van der Waals surface area contributed by atoms with Crippen LogP contribution in [-0.2, 0) is 5.41 Å². The maximum Gasteiger partial charge on any atom is 0.411 e. The van der Waals surface area contributed by atoms with Crippen LogP contribution >= 0.6 is 11.6 Å². The molecule has 2 N–H and O–H groups in total. The summed E-state index contributed by atoms with van der Waals surface area (Å²) in [7, 11) is 0. The van der Waals surface area contributed by atoms with E-state index in [1.807, 2.05) is 20.8 Å². The van der Waals surface area contributed by atoms with Crippen LogP contribution in [0.25, 0.3) is 0 Å². The fourth-order valence-corrected chi connectivity index (χ4v) is 1.75. The molecule has 92 valence electrons. The Bertz CT molecular complexity index is 467. The number of primary amides is 1. The van der Waals surface area contributed by atoms with Crippen molar-refractivity contribution in [1.82, 2.24) is 4.98 Å². The average molecular weight is 257 g/mol. The maximum atomic E-state index is 11.0. The van der Waals surface area contributed by atoms with Gasteiger partial charge in [0.25, 0.3) is 0 Å². The molecule has 1 aromatic rings. The van der Waals surface area contributed by atoms with E-state index in [2.05, 4.69) is 9.72 Å². The summed E-state index contributed by atoms with van der Waals surface area (Å²) in [5.74, 6) is -0.175. The van der Waals surface area contributed by atoms with E-state index in [9.17, 15) is 9.59 Å². The van der Waals surface area contributed by atoms with Crippen molar-refractivity contribution >= 4 is 24.0 Å². The summed E-state index contributed by atoms with van der Waals surface area (Å²) in [6.07, 6.45) is 0.913. The summed E-state index contributed by atoms with van der Waals surface area (Å²) in [5, 5.41) is 0.221. The third kappa shape index (κ3) is 2.94. The zero-order chi connectivity index (χ0) is 13.2. The van der Waals surface area contributed by atoms with Crippen molar-refractivity contribution < 1.29 is 14.3 Å². The number of rotatable bonds is 2. The highest BCUT2D eigenvalue weighted by atomic mass is 35.5. The van der Waals surface area contributed by atoms with Crippen LogP contribution < -0.4 is 10.5 Å². The first-order chi connectivity index (χ1) is 7.77. The fraction of sp³-hybridized carbons (Fsp3) is 0.364. The molecule has 0 saturated heterocycles. The fourth-order valence-electron chi connectivity index (χ4n) is 1.29. The van der Waals surface area contributed by atoms with Crippen LogP contribution in [0.2, 0.25) is 5.02 Å². The summed E-state index contributed by atoms with van der Waals surface area (Å²) in [4.78, 5) is 25.5. The Hall–Kier alpha value is -1.62. The van der Waals surface area contributed by atoms with Crippen LogP contribution in [0.15, 0.2) is 6.20 Å². The lowest BCUT2D eigenvalue weighted by atomic mass is 9.87. The summed E-state index contributed by atoms with van der Waals surface area (Å²) in [5.41, 5.74) is 5.31. The number of aromatic nitrogens is 1. The van der Waals surface area contributed by atoms with Gasteiger partial charge in [-0.25, -0.2) is 9.78 Å². The van der Waals surface area contributed by atoms with Gasteiger partial charge in [0, 0.05) is 6.20 Å². The first-order valence-corrected chi connectivity index (χ1v) is 5.26. The van der Waals surface area contributed by atoms with E-state index in [4.69, 9.17) is 17.3 Å². The van der Waals surface area contributed by atoms with Gasteiger partial charge in [-0.15, -0.1) is 0 Å². The van der Waals surface area contributed by atoms with Gasteiger partial charge in [-0.05, 0) is 11.0 Å². The molecule has 1 heterocycles. The molecular weight excluding hydrogens is 244 g/mol. The number of amides is 1. The van der Waals surface area contributed by atoms with E-state index >= 15 is 0 Å². The third-order valence-electron chi connectivity index (χ3n) is 2.14. The molecule has 0 unspecified atom stereocenters. The van der Waals surface area contributed by atoms with E-state index < -0.39 is 6.09 Å². The number of carbonyl (C=O) groups excluding carboxylic acids is 2. The van der Waals surface area contributed by atoms with Crippen LogP contribution in [0.3, 0.4) is 0 Å². The van der Waals surface area contributed by atoms with Gasteiger partial charge in [0.2, 0.25) is 5.88 Å². The highest BCUT2D eigenvalue weighted by Crippen LogP contribution is 2.33. The van der Waals surface area contributed by atoms with Crippen molar-refractivity contribution in [3.05, 3.63) is 22.3 Å². The van der Waals surface area contributed by atoms with Crippen LogP contribution in [0.5, 0.6) is 5.88 Å². The average Bonchev–Trinajstić information content (AvgIpc) is 2.15. The molecule has 1 aromatic heterocycles. The Balaban J connectivity index is 3.37. The molecule has 1 amide bonds. The lowest BCUT2D eigenvalue weighted by Crippen LogP contribution is -2.19. The molecule has 0 atom stereocenters. The molecule has 5 nitrogen and oxygen atoms in total. The second kappa shape index (κ2) is 4.71. The molecule has 0 aliphatic rings. The number of carbonyl (C=O) groups is 2. The standard InChI is InChI=1S/C11H13ClN2O3/c1-11(2,3)7-4-14-9(17-10(13)16)6(5-15)8(7)12/h4-5H,1-3H3,(H2,13,16). The van der Waals surface area contributed by atoms with Gasteiger partial charge >= 0.3 is 6.09 Å². The van der Waals surface area contributed by atoms with Crippen LogP contribution in [-0.4, -0.2) is 17.4 Å². The molecule has 0 bridgehead atoms. The van der Waals surface area contributed by atoms with E-state index in [1.54, 1.807) is 0 Å². The minimum Gasteiger partial charge on any atom is -0.391 e. The van der Waals surface area contributed by atoms with Gasteiger partial charge in [-0.1, -0.05) is 32.4 Å². The number of pyridine rings is 1. The maximum absolute atomic E-state index is 11.0. The molecule has 17 heavy (non-hydrogen) atoms. The summed E-state index contributed by atoms with van der Waals surface area (Å²) < 4.78 is 4.60. The summed E-state index contributed by atoms with van der Waals surface area (Å²) in [6.45, 7) is 5.79. The van der Waals surface area contributed by atoms with E-state index in [0.29, 0.717) is 11.8 Å². The number of aldehydes is 1. The quantitative estimate of drug-likeness (QED) is 0.823. The number of hydrogen-bond acceptors (Lipinski definition) is 4. The van der Waals surface area contributed by atoms with Crippen LogP contribution in [0.1, 0.15) is 36.7 Å². The second-order valence-corrected chi connectivity index (χ2v) is 4.87. The van der Waals surface area contributed by atoms with Crippen molar-refractivity contribution in [3.63, 3.8) is 0 Å². The number of halogens is 1. The molecule has 0 aromatic carbocycles. The SMILES string of the molecule is CC(C)(C)c1cnc(OC(N)=O)c(C=O)c1Cl.